The van der Waals surface area contributed by atoms with Crippen molar-refractivity contribution in [3.8, 4) is 11.1 Å². The number of hydrogen-bond donors (Lipinski definition) is 1. The molecule has 15 heteroatoms. The van der Waals surface area contributed by atoms with Gasteiger partial charge < -0.3 is 38.1 Å². The molecule has 1 N–H and O–H groups in total. The number of halogens is 2. The van der Waals surface area contributed by atoms with E-state index in [1.54, 1.807) is 24.3 Å². The Morgan fingerprint density at radius 2 is 1.71 bits per heavy atom. The molecule has 2 saturated heterocycles. The molecule has 256 valence electrons. The predicted octanol–water partition coefficient (Wildman–Crippen LogP) is 4.21. The molecule has 13 nitrogen and oxygen atoms in total. The summed E-state index contributed by atoms with van der Waals surface area (Å²) in [4.78, 5) is 64.0. The van der Waals surface area contributed by atoms with Crippen molar-refractivity contribution in [2.45, 2.75) is 70.2 Å². The summed E-state index contributed by atoms with van der Waals surface area (Å²) in [6.45, 7) is 1.97. The molecular formula is C33H33F2NO12. The van der Waals surface area contributed by atoms with Gasteiger partial charge in [-0.05, 0) is 36.5 Å². The standard InChI is InChI=1S/C33H33F2NO12/c1-16(37)44-15-26(39)46-25-13-24(45-17(2)38)30(32(41)42-3)47-33(25)48-31(40)20-14-36-22-12-21(34)27(29(35)28(20)22)19-9-7-18(8-10-19)23-6-4-5-11-43-23/h7-10,12,14,23-25,30,33,36H,4-6,11,13,15H2,1-3H3/t23-,24-,25+,30-,33-/m0/s1. The van der Waals surface area contributed by atoms with Gasteiger partial charge in [0.2, 0.25) is 6.29 Å². The third kappa shape index (κ3) is 7.63. The second-order valence-electron chi connectivity index (χ2n) is 11.2. The van der Waals surface area contributed by atoms with Crippen molar-refractivity contribution < 1.29 is 65.9 Å². The maximum absolute atomic E-state index is 16.1. The van der Waals surface area contributed by atoms with Gasteiger partial charge in [-0.15, -0.1) is 0 Å². The van der Waals surface area contributed by atoms with Gasteiger partial charge in [-0.2, -0.15) is 0 Å². The topological polar surface area (TPSA) is 166 Å². The smallest absolute Gasteiger partial charge is 0.344 e. The van der Waals surface area contributed by atoms with E-state index >= 15 is 8.78 Å². The van der Waals surface area contributed by atoms with Crippen LogP contribution in [0.4, 0.5) is 8.78 Å². The average molecular weight is 674 g/mol. The predicted molar refractivity (Wildman–Crippen MR) is 159 cm³/mol. The van der Waals surface area contributed by atoms with E-state index in [1.807, 2.05) is 0 Å². The highest BCUT2D eigenvalue weighted by molar-refractivity contribution is 6.05. The van der Waals surface area contributed by atoms with Crippen molar-refractivity contribution in [3.05, 3.63) is 59.3 Å². The van der Waals surface area contributed by atoms with Crippen molar-refractivity contribution in [1.29, 1.82) is 0 Å². The van der Waals surface area contributed by atoms with Crippen LogP contribution in [0.25, 0.3) is 22.0 Å². The molecule has 2 aromatic carbocycles. The third-order valence-electron chi connectivity index (χ3n) is 7.87. The van der Waals surface area contributed by atoms with Crippen molar-refractivity contribution in [3.63, 3.8) is 0 Å². The normalized spacial score (nSPS) is 22.4. The summed E-state index contributed by atoms with van der Waals surface area (Å²) in [7, 11) is 1.05. The molecule has 0 bridgehead atoms. The van der Waals surface area contributed by atoms with Crippen LogP contribution in [0.3, 0.4) is 0 Å². The molecule has 0 amide bonds. The first-order valence-corrected chi connectivity index (χ1v) is 15.1. The maximum atomic E-state index is 16.1. The highest BCUT2D eigenvalue weighted by Gasteiger charge is 2.48. The van der Waals surface area contributed by atoms with E-state index in [2.05, 4.69) is 9.72 Å². The number of carbonyl (C=O) groups excluding carboxylic acids is 5. The van der Waals surface area contributed by atoms with Gasteiger partial charge in [0.25, 0.3) is 0 Å². The third-order valence-corrected chi connectivity index (χ3v) is 7.87. The maximum Gasteiger partial charge on any atom is 0.344 e. The molecule has 2 aliphatic rings. The number of ether oxygens (including phenoxy) is 7. The highest BCUT2D eigenvalue weighted by atomic mass is 19.1. The van der Waals surface area contributed by atoms with Crippen LogP contribution in [0.2, 0.25) is 0 Å². The minimum atomic E-state index is -1.81. The lowest BCUT2D eigenvalue weighted by atomic mass is 9.96. The van der Waals surface area contributed by atoms with E-state index in [-0.39, 0.29) is 33.7 Å². The quantitative estimate of drug-likeness (QED) is 0.255. The van der Waals surface area contributed by atoms with E-state index in [0.29, 0.717) is 6.61 Å². The summed E-state index contributed by atoms with van der Waals surface area (Å²) < 4.78 is 68.2. The molecule has 3 heterocycles. The summed E-state index contributed by atoms with van der Waals surface area (Å²) in [6.07, 6.45) is -2.81. The van der Waals surface area contributed by atoms with Gasteiger partial charge in [0, 0.05) is 33.1 Å². The number of rotatable bonds is 9. The van der Waals surface area contributed by atoms with Crippen LogP contribution in [0.5, 0.6) is 0 Å². The van der Waals surface area contributed by atoms with Crippen LogP contribution in [-0.2, 0) is 52.3 Å². The Balaban J connectivity index is 1.44. The zero-order valence-electron chi connectivity index (χ0n) is 26.2. The van der Waals surface area contributed by atoms with E-state index in [0.717, 1.165) is 58.0 Å². The van der Waals surface area contributed by atoms with Gasteiger partial charge in [-0.1, -0.05) is 24.3 Å². The van der Waals surface area contributed by atoms with Gasteiger partial charge in [0.15, 0.2) is 18.8 Å². The van der Waals surface area contributed by atoms with E-state index in [1.165, 1.54) is 0 Å². The van der Waals surface area contributed by atoms with Gasteiger partial charge >= 0.3 is 29.8 Å². The highest BCUT2D eigenvalue weighted by Crippen LogP contribution is 2.36. The number of methoxy groups -OCH3 is 1. The van der Waals surface area contributed by atoms with Crippen LogP contribution in [-0.4, -0.2) is 79.8 Å². The number of aromatic nitrogens is 1. The summed E-state index contributed by atoms with van der Waals surface area (Å²) in [5, 5.41) is -0.294. The monoisotopic (exact) mass is 673 g/mol. The number of carbonyl (C=O) groups is 5. The second-order valence-corrected chi connectivity index (χ2v) is 11.2. The van der Waals surface area contributed by atoms with Gasteiger partial charge in [0.1, 0.15) is 17.7 Å². The lowest BCUT2D eigenvalue weighted by Crippen LogP contribution is -2.55. The minimum Gasteiger partial charge on any atom is -0.467 e. The van der Waals surface area contributed by atoms with E-state index in [9.17, 15) is 24.0 Å². The SMILES string of the molecule is COC(=O)[C@H]1O[C@@H](OC(=O)c2c[nH]c3cc(F)c(-c4ccc([C@@H]5CCCCO5)cc4)c(F)c23)[C@H](OC(=O)COC(C)=O)C[C@@H]1OC(C)=O. The summed E-state index contributed by atoms with van der Waals surface area (Å²) >= 11 is 0. The van der Waals surface area contributed by atoms with Crippen molar-refractivity contribution in [1.82, 2.24) is 4.98 Å². The first-order valence-electron chi connectivity index (χ1n) is 15.1. The van der Waals surface area contributed by atoms with E-state index in [4.69, 9.17) is 28.4 Å². The Morgan fingerprint density at radius 3 is 2.35 bits per heavy atom. The fourth-order valence-electron chi connectivity index (χ4n) is 5.68. The Bertz CT molecular complexity index is 1700. The molecule has 5 atom stereocenters. The fourth-order valence-corrected chi connectivity index (χ4v) is 5.68. The zero-order valence-corrected chi connectivity index (χ0v) is 26.2. The lowest BCUT2D eigenvalue weighted by molar-refractivity contribution is -0.257. The largest absolute Gasteiger partial charge is 0.467 e. The summed E-state index contributed by atoms with van der Waals surface area (Å²) in [6, 6.07) is 7.66. The van der Waals surface area contributed by atoms with Crippen LogP contribution in [0.15, 0.2) is 36.5 Å². The van der Waals surface area contributed by atoms with E-state index < -0.39 is 79.1 Å². The van der Waals surface area contributed by atoms with Gasteiger partial charge in [-0.3, -0.25) is 9.59 Å². The first-order chi connectivity index (χ1) is 23.0. The lowest BCUT2D eigenvalue weighted by Gasteiger charge is -2.38. The molecule has 0 unspecified atom stereocenters. The Hall–Kier alpha value is -4.89. The number of esters is 5. The molecule has 0 spiro atoms. The molecule has 2 fully saturated rings. The Labute approximate surface area is 272 Å². The number of aromatic amines is 1. The number of H-pyrrole nitrogens is 1. The van der Waals surface area contributed by atoms with Gasteiger partial charge in [0.05, 0.1) is 35.2 Å². The molecule has 1 aromatic heterocycles. The van der Waals surface area contributed by atoms with Crippen molar-refractivity contribution in [2.24, 2.45) is 0 Å². The number of benzene rings is 2. The number of fused-ring (bicyclic) bond motifs is 1. The van der Waals surface area contributed by atoms with Crippen LogP contribution in [0, 0.1) is 11.6 Å². The first kappa shape index (κ1) is 34.4. The molecule has 0 aliphatic carbocycles. The molecule has 2 aliphatic heterocycles. The number of hydrogen-bond acceptors (Lipinski definition) is 12. The minimum absolute atomic E-state index is 0.0517. The fraction of sp³-hybridized carbons (Fsp3) is 0.424. The zero-order chi connectivity index (χ0) is 34.5. The molecule has 0 saturated carbocycles. The molecule has 48 heavy (non-hydrogen) atoms. The molecule has 3 aromatic rings. The van der Waals surface area contributed by atoms with Crippen molar-refractivity contribution in [2.75, 3.05) is 20.3 Å². The second kappa shape index (κ2) is 14.9. The molecule has 0 radical (unpaired) electrons. The van der Waals surface area contributed by atoms with Crippen molar-refractivity contribution >= 4 is 40.7 Å². The van der Waals surface area contributed by atoms with Crippen LogP contribution in [0.1, 0.15) is 61.6 Å². The average Bonchev–Trinajstić information content (AvgIpc) is 3.49. The number of nitrogens with one attached hydrogen (secondary N) is 1. The summed E-state index contributed by atoms with van der Waals surface area (Å²) in [5.41, 5.74) is 0.307. The van der Waals surface area contributed by atoms with Gasteiger partial charge in [-0.25, -0.2) is 23.2 Å². The molecule has 5 rings (SSSR count). The van der Waals surface area contributed by atoms with Crippen LogP contribution >= 0.6 is 0 Å². The summed E-state index contributed by atoms with van der Waals surface area (Å²) in [5.74, 6) is -6.75. The Morgan fingerprint density at radius 1 is 0.958 bits per heavy atom. The van der Waals surface area contributed by atoms with Crippen LogP contribution < -0.4 is 0 Å². The molecular weight excluding hydrogens is 640 g/mol. The Kier molecular flexibility index (Phi) is 10.7.